The molecule has 0 aromatic heterocycles. The molecule has 1 aromatic carbocycles. The molecule has 7 heteroatoms. The number of rotatable bonds is 5. The van der Waals surface area contributed by atoms with Gasteiger partial charge in [-0.3, -0.25) is 4.90 Å². The number of sulfonamides is 1. The molecule has 0 saturated carbocycles. The quantitative estimate of drug-likeness (QED) is 0.897. The molecule has 1 aliphatic heterocycles. The largest absolute Gasteiger partial charge is 0.299 e. The Morgan fingerprint density at radius 2 is 2.10 bits per heavy atom. The van der Waals surface area contributed by atoms with Crippen molar-refractivity contribution in [3.05, 3.63) is 28.8 Å². The Bertz CT molecular complexity index is 649. The predicted octanol–water partition coefficient (Wildman–Crippen LogP) is 1.97. The first kappa shape index (κ1) is 16.2. The maximum Gasteiger partial charge on any atom is 0.242 e. The molecular weight excluding hydrogens is 310 g/mol. The van der Waals surface area contributed by atoms with Crippen molar-refractivity contribution in [1.82, 2.24) is 9.62 Å². The van der Waals surface area contributed by atoms with Gasteiger partial charge in [-0.2, -0.15) is 5.26 Å². The summed E-state index contributed by atoms with van der Waals surface area (Å²) in [6, 6.07) is 6.25. The third-order valence-corrected chi connectivity index (χ3v) is 5.59. The molecule has 0 bridgehead atoms. The van der Waals surface area contributed by atoms with Gasteiger partial charge in [-0.1, -0.05) is 11.6 Å². The Labute approximate surface area is 130 Å². The van der Waals surface area contributed by atoms with Crippen molar-refractivity contribution in [3.63, 3.8) is 0 Å². The highest BCUT2D eigenvalue weighted by molar-refractivity contribution is 7.89. The van der Waals surface area contributed by atoms with Crippen LogP contribution < -0.4 is 4.72 Å². The van der Waals surface area contributed by atoms with Crippen LogP contribution in [0.25, 0.3) is 0 Å². The number of hydrogen-bond donors (Lipinski definition) is 1. The fraction of sp³-hybridized carbons (Fsp3) is 0.500. The van der Waals surface area contributed by atoms with Crippen molar-refractivity contribution in [1.29, 1.82) is 5.26 Å². The highest BCUT2D eigenvalue weighted by Crippen LogP contribution is 2.22. The Kier molecular flexibility index (Phi) is 5.22. The average Bonchev–Trinajstić information content (AvgIpc) is 2.98. The van der Waals surface area contributed by atoms with E-state index in [1.165, 1.54) is 31.0 Å². The van der Waals surface area contributed by atoms with Crippen LogP contribution in [0.4, 0.5) is 0 Å². The molecule has 1 saturated heterocycles. The van der Waals surface area contributed by atoms with E-state index in [0.29, 0.717) is 12.1 Å². The van der Waals surface area contributed by atoms with Crippen molar-refractivity contribution in [2.45, 2.75) is 30.7 Å². The van der Waals surface area contributed by atoms with Crippen LogP contribution in [0.2, 0.25) is 5.02 Å². The number of halogens is 1. The van der Waals surface area contributed by atoms with E-state index < -0.39 is 10.0 Å². The molecule has 1 N–H and O–H groups in total. The lowest BCUT2D eigenvalue weighted by molar-refractivity contribution is 0.260. The van der Waals surface area contributed by atoms with Gasteiger partial charge in [0.25, 0.3) is 0 Å². The van der Waals surface area contributed by atoms with Crippen LogP contribution >= 0.6 is 11.6 Å². The van der Waals surface area contributed by atoms with Crippen LogP contribution in [-0.4, -0.2) is 39.0 Å². The summed E-state index contributed by atoms with van der Waals surface area (Å²) >= 11 is 5.95. The number of nitrogens with zero attached hydrogens (tertiary/aromatic N) is 2. The maximum absolute atomic E-state index is 12.3. The summed E-state index contributed by atoms with van der Waals surface area (Å²) in [5.74, 6) is 0. The van der Waals surface area contributed by atoms with Crippen molar-refractivity contribution in [3.8, 4) is 6.07 Å². The zero-order valence-corrected chi connectivity index (χ0v) is 13.4. The van der Waals surface area contributed by atoms with Gasteiger partial charge in [-0.05, 0) is 51.1 Å². The van der Waals surface area contributed by atoms with E-state index in [1.807, 2.05) is 13.0 Å². The number of nitrogens with one attached hydrogen (secondary N) is 1. The van der Waals surface area contributed by atoms with Gasteiger partial charge in [-0.25, -0.2) is 13.1 Å². The summed E-state index contributed by atoms with van der Waals surface area (Å²) in [6.45, 7) is 4.38. The number of hydrogen-bond acceptors (Lipinski definition) is 4. The third kappa shape index (κ3) is 3.95. The summed E-state index contributed by atoms with van der Waals surface area (Å²) in [5, 5.41) is 8.84. The van der Waals surface area contributed by atoms with Crippen LogP contribution in [0.15, 0.2) is 23.1 Å². The molecule has 1 unspecified atom stereocenters. The van der Waals surface area contributed by atoms with Gasteiger partial charge >= 0.3 is 0 Å². The average molecular weight is 328 g/mol. The highest BCUT2D eigenvalue weighted by atomic mass is 35.5. The standard InChI is InChI=1S/C14H18ClN3O2S/c1-11(18-6-2-3-7-18)10-17-21(19,20)14-5-4-12(9-16)8-13(14)15/h4-5,8,11,17H,2-3,6-7,10H2,1H3. The van der Waals surface area contributed by atoms with E-state index in [0.717, 1.165) is 13.1 Å². The molecular formula is C14H18ClN3O2S. The fourth-order valence-corrected chi connectivity index (χ4v) is 4.07. The van der Waals surface area contributed by atoms with Gasteiger partial charge in [0.15, 0.2) is 0 Å². The van der Waals surface area contributed by atoms with E-state index in [-0.39, 0.29) is 16.0 Å². The van der Waals surface area contributed by atoms with Gasteiger partial charge in [0.2, 0.25) is 10.0 Å². The first-order valence-electron chi connectivity index (χ1n) is 6.87. The lowest BCUT2D eigenvalue weighted by Crippen LogP contribution is -2.40. The normalized spacial score (nSPS) is 17.6. The molecule has 1 fully saturated rings. The van der Waals surface area contributed by atoms with Crippen molar-refractivity contribution in [2.75, 3.05) is 19.6 Å². The van der Waals surface area contributed by atoms with Gasteiger partial charge in [0.1, 0.15) is 4.90 Å². The summed E-state index contributed by atoms with van der Waals surface area (Å²) < 4.78 is 27.1. The van der Waals surface area contributed by atoms with Crippen LogP contribution in [0.5, 0.6) is 0 Å². The minimum absolute atomic E-state index is 0.0109. The van der Waals surface area contributed by atoms with Gasteiger partial charge in [0, 0.05) is 12.6 Å². The smallest absolute Gasteiger partial charge is 0.242 e. The lowest BCUT2D eigenvalue weighted by Gasteiger charge is -2.23. The molecule has 114 valence electrons. The van der Waals surface area contributed by atoms with E-state index in [2.05, 4.69) is 9.62 Å². The summed E-state index contributed by atoms with van der Waals surface area (Å²) in [5.41, 5.74) is 0.337. The van der Waals surface area contributed by atoms with Gasteiger partial charge in [-0.15, -0.1) is 0 Å². The first-order chi connectivity index (χ1) is 9.94. The van der Waals surface area contributed by atoms with Crippen LogP contribution in [0, 0.1) is 11.3 Å². The zero-order valence-electron chi connectivity index (χ0n) is 11.8. The molecule has 2 rings (SSSR count). The zero-order chi connectivity index (χ0) is 15.5. The molecule has 1 heterocycles. The SMILES string of the molecule is CC(CNS(=O)(=O)c1ccc(C#N)cc1Cl)N1CCCC1. The van der Waals surface area contributed by atoms with Crippen molar-refractivity contribution in [2.24, 2.45) is 0 Å². The molecule has 21 heavy (non-hydrogen) atoms. The van der Waals surface area contributed by atoms with Crippen LogP contribution in [-0.2, 0) is 10.0 Å². The predicted molar refractivity (Wildman–Crippen MR) is 81.6 cm³/mol. The second-order valence-corrected chi connectivity index (χ2v) is 7.34. The molecule has 0 spiro atoms. The minimum atomic E-state index is -3.66. The molecule has 5 nitrogen and oxygen atoms in total. The summed E-state index contributed by atoms with van der Waals surface area (Å²) in [6.07, 6.45) is 2.33. The van der Waals surface area contributed by atoms with E-state index in [9.17, 15) is 8.42 Å². The first-order valence-corrected chi connectivity index (χ1v) is 8.73. The van der Waals surface area contributed by atoms with Crippen LogP contribution in [0.3, 0.4) is 0 Å². The van der Waals surface area contributed by atoms with Gasteiger partial charge in [0.05, 0.1) is 16.7 Å². The Morgan fingerprint density at radius 1 is 1.43 bits per heavy atom. The summed E-state index contributed by atoms with van der Waals surface area (Å²) in [7, 11) is -3.66. The number of likely N-dealkylation sites (tertiary alicyclic amines) is 1. The molecule has 0 aliphatic carbocycles. The molecule has 0 amide bonds. The summed E-state index contributed by atoms with van der Waals surface area (Å²) in [4.78, 5) is 2.28. The number of benzene rings is 1. The van der Waals surface area contributed by atoms with E-state index >= 15 is 0 Å². The molecule has 0 radical (unpaired) electrons. The Morgan fingerprint density at radius 3 is 2.67 bits per heavy atom. The van der Waals surface area contributed by atoms with E-state index in [1.54, 1.807) is 0 Å². The molecule has 1 aliphatic rings. The van der Waals surface area contributed by atoms with Crippen molar-refractivity contribution < 1.29 is 8.42 Å². The monoisotopic (exact) mass is 327 g/mol. The Balaban J connectivity index is 2.06. The third-order valence-electron chi connectivity index (χ3n) is 3.68. The van der Waals surface area contributed by atoms with E-state index in [4.69, 9.17) is 16.9 Å². The van der Waals surface area contributed by atoms with Crippen molar-refractivity contribution >= 4 is 21.6 Å². The second kappa shape index (κ2) is 6.75. The highest BCUT2D eigenvalue weighted by Gasteiger charge is 2.22. The van der Waals surface area contributed by atoms with Crippen LogP contribution in [0.1, 0.15) is 25.3 Å². The maximum atomic E-state index is 12.3. The minimum Gasteiger partial charge on any atom is -0.299 e. The molecule has 1 aromatic rings. The molecule has 1 atom stereocenters. The van der Waals surface area contributed by atoms with Gasteiger partial charge < -0.3 is 0 Å². The second-order valence-electron chi connectivity index (χ2n) is 5.20. The number of nitriles is 1. The Hall–Kier alpha value is -1.13. The topological polar surface area (TPSA) is 73.2 Å². The lowest BCUT2D eigenvalue weighted by atomic mass is 10.2. The fourth-order valence-electron chi connectivity index (χ4n) is 2.41.